The summed E-state index contributed by atoms with van der Waals surface area (Å²) in [6.45, 7) is 0.0569. The first kappa shape index (κ1) is 17.4. The summed E-state index contributed by atoms with van der Waals surface area (Å²) in [5, 5.41) is 10.4. The molecule has 7 nitrogen and oxygen atoms in total. The maximum Gasteiger partial charge on any atom is 0.251 e. The van der Waals surface area contributed by atoms with Gasteiger partial charge in [0.1, 0.15) is 5.82 Å². The van der Waals surface area contributed by atoms with E-state index in [1.807, 2.05) is 0 Å². The topological polar surface area (TPSA) is 86.5 Å². The monoisotopic (exact) mass is 357 g/mol. The first-order chi connectivity index (χ1) is 12.6. The van der Waals surface area contributed by atoms with Crippen molar-refractivity contribution >= 4 is 5.91 Å². The van der Waals surface area contributed by atoms with E-state index in [0.717, 1.165) is 0 Å². The molecule has 3 rings (SSSR count). The molecule has 2 aromatic carbocycles. The van der Waals surface area contributed by atoms with Crippen LogP contribution in [0.4, 0.5) is 4.39 Å². The number of carbonyl (C=O) groups is 1. The third-order valence-corrected chi connectivity index (χ3v) is 3.60. The van der Waals surface area contributed by atoms with E-state index in [2.05, 4.69) is 15.5 Å². The van der Waals surface area contributed by atoms with Gasteiger partial charge < -0.3 is 19.2 Å². The molecule has 0 aliphatic heterocycles. The number of aromatic nitrogens is 2. The van der Waals surface area contributed by atoms with Gasteiger partial charge in [-0.2, -0.15) is 0 Å². The molecular formula is C18H16FN3O4. The Hall–Kier alpha value is -3.42. The van der Waals surface area contributed by atoms with E-state index in [1.54, 1.807) is 18.2 Å². The van der Waals surface area contributed by atoms with Crippen LogP contribution in [0.2, 0.25) is 0 Å². The van der Waals surface area contributed by atoms with Crippen LogP contribution in [0.15, 0.2) is 46.9 Å². The summed E-state index contributed by atoms with van der Waals surface area (Å²) in [5.74, 6) is 0.795. The number of halogens is 1. The largest absolute Gasteiger partial charge is 0.493 e. The van der Waals surface area contributed by atoms with Gasteiger partial charge in [-0.25, -0.2) is 4.39 Å². The molecule has 3 aromatic rings. The van der Waals surface area contributed by atoms with Gasteiger partial charge in [-0.3, -0.25) is 4.79 Å². The number of nitrogens with one attached hydrogen (secondary N) is 1. The number of rotatable bonds is 6. The summed E-state index contributed by atoms with van der Waals surface area (Å²) >= 11 is 0. The van der Waals surface area contributed by atoms with Gasteiger partial charge in [-0.05, 0) is 42.5 Å². The highest BCUT2D eigenvalue weighted by Crippen LogP contribution is 2.27. The van der Waals surface area contributed by atoms with Crippen molar-refractivity contribution in [2.45, 2.75) is 6.54 Å². The summed E-state index contributed by atoms with van der Waals surface area (Å²) in [4.78, 5) is 12.3. The van der Waals surface area contributed by atoms with E-state index < -0.39 is 0 Å². The molecule has 0 atom stereocenters. The molecule has 0 aliphatic carbocycles. The summed E-state index contributed by atoms with van der Waals surface area (Å²) in [5.41, 5.74) is 0.997. The number of carbonyl (C=O) groups excluding carboxylic acids is 1. The highest BCUT2D eigenvalue weighted by molar-refractivity contribution is 5.94. The molecule has 0 saturated carbocycles. The van der Waals surface area contributed by atoms with Gasteiger partial charge in [-0.1, -0.05) is 0 Å². The van der Waals surface area contributed by atoms with E-state index >= 15 is 0 Å². The molecule has 26 heavy (non-hydrogen) atoms. The minimum absolute atomic E-state index is 0.0569. The van der Waals surface area contributed by atoms with Gasteiger partial charge in [0.15, 0.2) is 11.5 Å². The maximum absolute atomic E-state index is 12.9. The normalized spacial score (nSPS) is 10.4. The van der Waals surface area contributed by atoms with Gasteiger partial charge in [0, 0.05) is 11.1 Å². The van der Waals surface area contributed by atoms with Crippen LogP contribution in [0.1, 0.15) is 16.2 Å². The van der Waals surface area contributed by atoms with Gasteiger partial charge >= 0.3 is 0 Å². The first-order valence-corrected chi connectivity index (χ1v) is 7.69. The number of nitrogens with zero attached hydrogens (tertiary/aromatic N) is 2. The third kappa shape index (κ3) is 3.80. The molecule has 0 aliphatic rings. The standard InChI is InChI=1S/C18H16FN3O4/c1-24-14-8-5-12(9-15(14)25-2)17(23)20-10-16-21-22-18(26-16)11-3-6-13(19)7-4-11/h3-9H,10H2,1-2H3,(H,20,23). The van der Waals surface area contributed by atoms with E-state index in [0.29, 0.717) is 22.6 Å². The molecule has 8 heteroatoms. The van der Waals surface area contributed by atoms with Gasteiger partial charge in [0.25, 0.3) is 5.91 Å². The molecule has 134 valence electrons. The predicted octanol–water partition coefficient (Wildman–Crippen LogP) is 2.82. The maximum atomic E-state index is 12.9. The van der Waals surface area contributed by atoms with E-state index in [4.69, 9.17) is 13.9 Å². The average molecular weight is 357 g/mol. The lowest BCUT2D eigenvalue weighted by atomic mass is 10.2. The van der Waals surface area contributed by atoms with Crippen molar-refractivity contribution in [3.05, 3.63) is 59.7 Å². The smallest absolute Gasteiger partial charge is 0.251 e. The molecule has 0 saturated heterocycles. The Morgan fingerprint density at radius 3 is 2.50 bits per heavy atom. The second kappa shape index (κ2) is 7.64. The van der Waals surface area contributed by atoms with Crippen LogP contribution in [0.25, 0.3) is 11.5 Å². The highest BCUT2D eigenvalue weighted by atomic mass is 19.1. The van der Waals surface area contributed by atoms with Crippen molar-refractivity contribution in [3.8, 4) is 23.0 Å². The lowest BCUT2D eigenvalue weighted by Crippen LogP contribution is -2.23. The van der Waals surface area contributed by atoms with E-state index in [9.17, 15) is 9.18 Å². The third-order valence-electron chi connectivity index (χ3n) is 3.60. The molecule has 1 heterocycles. The summed E-state index contributed by atoms with van der Waals surface area (Å²) in [6.07, 6.45) is 0. The Bertz CT molecular complexity index is 909. The second-order valence-corrected chi connectivity index (χ2v) is 5.26. The van der Waals surface area contributed by atoms with Gasteiger partial charge in [0.2, 0.25) is 11.8 Å². The van der Waals surface area contributed by atoms with Crippen molar-refractivity contribution in [1.29, 1.82) is 0 Å². The predicted molar refractivity (Wildman–Crippen MR) is 90.4 cm³/mol. The van der Waals surface area contributed by atoms with Crippen LogP contribution >= 0.6 is 0 Å². The Labute approximate surface area is 148 Å². The van der Waals surface area contributed by atoms with Crippen molar-refractivity contribution in [2.24, 2.45) is 0 Å². The highest BCUT2D eigenvalue weighted by Gasteiger charge is 2.13. The zero-order chi connectivity index (χ0) is 18.5. The molecule has 0 spiro atoms. The number of benzene rings is 2. The first-order valence-electron chi connectivity index (χ1n) is 7.69. The fraction of sp³-hybridized carbons (Fsp3) is 0.167. The van der Waals surface area contributed by atoms with Crippen molar-refractivity contribution < 1.29 is 23.1 Å². The molecule has 1 N–H and O–H groups in total. The fourth-order valence-electron chi connectivity index (χ4n) is 2.27. The minimum atomic E-state index is -0.351. The molecule has 1 amide bonds. The number of methoxy groups -OCH3 is 2. The number of hydrogen-bond acceptors (Lipinski definition) is 6. The van der Waals surface area contributed by atoms with Crippen LogP contribution in [-0.2, 0) is 6.54 Å². The van der Waals surface area contributed by atoms with Crippen molar-refractivity contribution in [1.82, 2.24) is 15.5 Å². The van der Waals surface area contributed by atoms with Crippen LogP contribution in [0.3, 0.4) is 0 Å². The molecular weight excluding hydrogens is 341 g/mol. The van der Waals surface area contributed by atoms with E-state index in [-0.39, 0.29) is 30.1 Å². The molecule has 1 aromatic heterocycles. The number of hydrogen-bond donors (Lipinski definition) is 1. The molecule has 0 radical (unpaired) electrons. The number of ether oxygens (including phenoxy) is 2. The number of amides is 1. The Balaban J connectivity index is 1.66. The average Bonchev–Trinajstić information content (AvgIpc) is 3.15. The van der Waals surface area contributed by atoms with Gasteiger partial charge in [0.05, 0.1) is 20.8 Å². The Kier molecular flexibility index (Phi) is 5.12. The van der Waals surface area contributed by atoms with Crippen molar-refractivity contribution in [2.75, 3.05) is 14.2 Å². The van der Waals surface area contributed by atoms with Crippen LogP contribution < -0.4 is 14.8 Å². The second-order valence-electron chi connectivity index (χ2n) is 5.26. The van der Waals surface area contributed by atoms with Crippen LogP contribution in [-0.4, -0.2) is 30.3 Å². The zero-order valence-corrected chi connectivity index (χ0v) is 14.2. The van der Waals surface area contributed by atoms with Crippen LogP contribution in [0.5, 0.6) is 11.5 Å². The quantitative estimate of drug-likeness (QED) is 0.730. The molecule has 0 fully saturated rings. The van der Waals surface area contributed by atoms with Crippen LogP contribution in [0, 0.1) is 5.82 Å². The lowest BCUT2D eigenvalue weighted by Gasteiger charge is -2.09. The molecule has 0 bridgehead atoms. The summed E-state index contributed by atoms with van der Waals surface area (Å²) < 4.78 is 28.7. The lowest BCUT2D eigenvalue weighted by molar-refractivity contribution is 0.0947. The van der Waals surface area contributed by atoms with Gasteiger partial charge in [-0.15, -0.1) is 10.2 Å². The fourth-order valence-corrected chi connectivity index (χ4v) is 2.27. The summed E-state index contributed by atoms with van der Waals surface area (Å²) in [7, 11) is 3.01. The van der Waals surface area contributed by atoms with Crippen molar-refractivity contribution in [3.63, 3.8) is 0 Å². The Morgan fingerprint density at radius 2 is 1.81 bits per heavy atom. The molecule has 0 unspecified atom stereocenters. The minimum Gasteiger partial charge on any atom is -0.493 e. The summed E-state index contributed by atoms with van der Waals surface area (Å²) in [6, 6.07) is 10.5. The SMILES string of the molecule is COc1ccc(C(=O)NCc2nnc(-c3ccc(F)cc3)o2)cc1OC. The Morgan fingerprint density at radius 1 is 1.08 bits per heavy atom. The zero-order valence-electron chi connectivity index (χ0n) is 14.2. The van der Waals surface area contributed by atoms with E-state index in [1.165, 1.54) is 38.5 Å².